The number of hydrogen-bond donors (Lipinski definition) is 1. The Morgan fingerprint density at radius 3 is 3.00 bits per heavy atom. The minimum absolute atomic E-state index is 0.0427. The first-order valence-electron chi connectivity index (χ1n) is 10.3. The summed E-state index contributed by atoms with van der Waals surface area (Å²) in [5, 5.41) is 4.74. The fraction of sp³-hybridized carbons (Fsp3) is 0.750. The van der Waals surface area contributed by atoms with Crippen LogP contribution in [0.5, 0.6) is 0 Å². The van der Waals surface area contributed by atoms with Crippen LogP contribution in [0.25, 0.3) is 0 Å². The minimum atomic E-state index is -0.0783. The molecule has 0 radical (unpaired) electrons. The number of fused-ring (bicyclic) bond motifs is 1. The molecule has 1 aromatic heterocycles. The summed E-state index contributed by atoms with van der Waals surface area (Å²) in [6, 6.07) is 0. The lowest BCUT2D eigenvalue weighted by Crippen LogP contribution is -2.48. The Hall–Kier alpha value is -1.63. The van der Waals surface area contributed by atoms with Gasteiger partial charge in [-0.05, 0) is 51.9 Å². The summed E-state index contributed by atoms with van der Waals surface area (Å²) in [6.07, 6.45) is 8.94. The number of rotatable bonds is 6. The van der Waals surface area contributed by atoms with Crippen molar-refractivity contribution >= 4 is 23.3 Å². The molecule has 1 aliphatic carbocycles. The van der Waals surface area contributed by atoms with Crippen LogP contribution in [0, 0.1) is 5.92 Å². The van der Waals surface area contributed by atoms with Gasteiger partial charge >= 0.3 is 5.97 Å². The normalized spacial score (nSPS) is 20.3. The van der Waals surface area contributed by atoms with Gasteiger partial charge in [0.25, 0.3) is 0 Å². The Balaban J connectivity index is 1.43. The molecular weight excluding hydrogens is 360 g/mol. The van der Waals surface area contributed by atoms with Gasteiger partial charge in [0.2, 0.25) is 0 Å². The number of esters is 1. The summed E-state index contributed by atoms with van der Waals surface area (Å²) in [7, 11) is 1.81. The minimum Gasteiger partial charge on any atom is -0.466 e. The zero-order valence-electron chi connectivity index (χ0n) is 16.6. The monoisotopic (exact) mass is 392 g/mol. The van der Waals surface area contributed by atoms with E-state index in [1.807, 2.05) is 25.3 Å². The van der Waals surface area contributed by atoms with Crippen LogP contribution in [-0.2, 0) is 28.8 Å². The van der Waals surface area contributed by atoms with Crippen LogP contribution in [0.3, 0.4) is 0 Å². The number of guanidine groups is 1. The summed E-state index contributed by atoms with van der Waals surface area (Å²) < 4.78 is 5.19. The number of piperidine rings is 1. The van der Waals surface area contributed by atoms with Gasteiger partial charge in [0.1, 0.15) is 0 Å². The lowest BCUT2D eigenvalue weighted by molar-refractivity contribution is -0.149. The highest BCUT2D eigenvalue weighted by atomic mass is 32.1. The van der Waals surface area contributed by atoms with Crippen LogP contribution in [0.2, 0.25) is 0 Å². The smallest absolute Gasteiger partial charge is 0.310 e. The third-order valence-electron chi connectivity index (χ3n) is 5.29. The molecule has 1 atom stereocenters. The third kappa shape index (κ3) is 5.43. The predicted octanol–water partition coefficient (Wildman–Crippen LogP) is 2.81. The lowest BCUT2D eigenvalue weighted by Gasteiger charge is -2.33. The van der Waals surface area contributed by atoms with Gasteiger partial charge in [-0.1, -0.05) is 0 Å². The second-order valence-corrected chi connectivity index (χ2v) is 8.47. The first kappa shape index (κ1) is 20.1. The number of carbonyl (C=O) groups is 1. The maximum absolute atomic E-state index is 12.0. The molecule has 1 N–H and O–H groups in total. The molecule has 150 valence electrons. The van der Waals surface area contributed by atoms with Crippen LogP contribution >= 0.6 is 11.3 Å². The van der Waals surface area contributed by atoms with Crippen LogP contribution in [0.4, 0.5) is 0 Å². The summed E-state index contributed by atoms with van der Waals surface area (Å²) in [5.41, 5.74) is 1.35. The molecule has 0 saturated carbocycles. The summed E-state index contributed by atoms with van der Waals surface area (Å²) >= 11 is 1.91. The summed E-state index contributed by atoms with van der Waals surface area (Å²) in [5.74, 6) is 0.770. The second kappa shape index (κ2) is 10.1. The van der Waals surface area contributed by atoms with Crippen molar-refractivity contribution < 1.29 is 9.53 Å². The van der Waals surface area contributed by atoms with Crippen molar-refractivity contribution in [1.29, 1.82) is 0 Å². The van der Waals surface area contributed by atoms with E-state index in [0.29, 0.717) is 13.2 Å². The van der Waals surface area contributed by atoms with Crippen LogP contribution in [0.1, 0.15) is 54.6 Å². The van der Waals surface area contributed by atoms with E-state index in [0.717, 1.165) is 51.2 Å². The number of likely N-dealkylation sites (tertiary alicyclic amines) is 1. The maximum atomic E-state index is 12.0. The number of nitrogens with one attached hydrogen (secondary N) is 1. The van der Waals surface area contributed by atoms with Crippen molar-refractivity contribution in [3.63, 3.8) is 0 Å². The van der Waals surface area contributed by atoms with Gasteiger partial charge in [0.15, 0.2) is 5.96 Å². The van der Waals surface area contributed by atoms with E-state index in [1.54, 1.807) is 0 Å². The van der Waals surface area contributed by atoms with E-state index >= 15 is 0 Å². The van der Waals surface area contributed by atoms with Gasteiger partial charge < -0.3 is 15.0 Å². The van der Waals surface area contributed by atoms with Crippen molar-refractivity contribution in [1.82, 2.24) is 15.2 Å². The summed E-state index contributed by atoms with van der Waals surface area (Å²) in [4.78, 5) is 25.0. The van der Waals surface area contributed by atoms with Gasteiger partial charge in [0, 0.05) is 38.0 Å². The SMILES string of the molecule is CCOC(=O)[C@H]1CCCN(C(=NC)NCCCc2nc3c(s2)CCCC3)C1. The van der Waals surface area contributed by atoms with Gasteiger partial charge in [-0.15, -0.1) is 11.3 Å². The van der Waals surface area contributed by atoms with Crippen LogP contribution in [-0.4, -0.2) is 55.1 Å². The fourth-order valence-corrected chi connectivity index (χ4v) is 5.11. The Morgan fingerprint density at radius 2 is 2.22 bits per heavy atom. The Kier molecular flexibility index (Phi) is 7.50. The first-order chi connectivity index (χ1) is 13.2. The number of thiazole rings is 1. The molecule has 7 heteroatoms. The van der Waals surface area contributed by atoms with Crippen LogP contribution < -0.4 is 5.32 Å². The molecule has 0 aromatic carbocycles. The number of carbonyl (C=O) groups excluding carboxylic acids is 1. The molecular formula is C20H32N4O2S. The van der Waals surface area contributed by atoms with Gasteiger partial charge in [-0.2, -0.15) is 0 Å². The largest absolute Gasteiger partial charge is 0.466 e. The zero-order valence-corrected chi connectivity index (χ0v) is 17.4. The molecule has 0 unspecified atom stereocenters. The number of nitrogens with zero attached hydrogens (tertiary/aromatic N) is 3. The molecule has 1 aliphatic heterocycles. The van der Waals surface area contributed by atoms with E-state index in [9.17, 15) is 4.79 Å². The van der Waals surface area contributed by atoms with E-state index in [1.165, 1.54) is 34.8 Å². The lowest BCUT2D eigenvalue weighted by atomic mass is 9.98. The standard InChI is InChI=1S/C20H32N4O2S/c1-3-26-19(25)15-8-7-13-24(14-15)20(21-2)22-12-6-11-18-23-16-9-4-5-10-17(16)27-18/h15H,3-14H2,1-2H3,(H,21,22)/t15-/m0/s1. The molecule has 2 aliphatic rings. The quantitative estimate of drug-likeness (QED) is 0.349. The molecule has 0 bridgehead atoms. The predicted molar refractivity (Wildman–Crippen MR) is 109 cm³/mol. The topological polar surface area (TPSA) is 66.8 Å². The number of aryl methyl sites for hydroxylation is 3. The molecule has 0 amide bonds. The highest BCUT2D eigenvalue weighted by Crippen LogP contribution is 2.27. The van der Waals surface area contributed by atoms with Crippen molar-refractivity contribution in [3.05, 3.63) is 15.6 Å². The average molecular weight is 393 g/mol. The van der Waals surface area contributed by atoms with Crippen molar-refractivity contribution in [2.24, 2.45) is 10.9 Å². The summed E-state index contributed by atoms with van der Waals surface area (Å²) in [6.45, 7) is 4.81. The number of hydrogen-bond acceptors (Lipinski definition) is 5. The highest BCUT2D eigenvalue weighted by Gasteiger charge is 2.28. The van der Waals surface area contributed by atoms with Gasteiger partial charge in [-0.3, -0.25) is 9.79 Å². The second-order valence-electron chi connectivity index (χ2n) is 7.30. The maximum Gasteiger partial charge on any atom is 0.310 e. The Bertz CT molecular complexity index is 635. The molecule has 27 heavy (non-hydrogen) atoms. The van der Waals surface area contributed by atoms with Gasteiger partial charge in [-0.25, -0.2) is 4.98 Å². The first-order valence-corrected chi connectivity index (χ1v) is 11.1. The van der Waals surface area contributed by atoms with E-state index in [2.05, 4.69) is 15.2 Å². The number of ether oxygens (including phenoxy) is 1. The van der Waals surface area contributed by atoms with Crippen LogP contribution in [0.15, 0.2) is 4.99 Å². The Labute approximate surface area is 166 Å². The van der Waals surface area contributed by atoms with Crippen molar-refractivity contribution in [3.8, 4) is 0 Å². The van der Waals surface area contributed by atoms with Crippen molar-refractivity contribution in [2.75, 3.05) is 33.3 Å². The molecule has 0 spiro atoms. The Morgan fingerprint density at radius 1 is 1.37 bits per heavy atom. The number of aliphatic imine (C=N–C) groups is 1. The molecule has 3 rings (SSSR count). The molecule has 1 aromatic rings. The zero-order chi connectivity index (χ0) is 19.1. The van der Waals surface area contributed by atoms with E-state index in [-0.39, 0.29) is 11.9 Å². The third-order valence-corrected chi connectivity index (χ3v) is 6.51. The van der Waals surface area contributed by atoms with Gasteiger partial charge in [0.05, 0.1) is 23.2 Å². The fourth-order valence-electron chi connectivity index (χ4n) is 3.91. The van der Waals surface area contributed by atoms with E-state index < -0.39 is 0 Å². The average Bonchev–Trinajstić information content (AvgIpc) is 3.11. The molecule has 1 saturated heterocycles. The highest BCUT2D eigenvalue weighted by molar-refractivity contribution is 7.11. The number of aromatic nitrogens is 1. The molecule has 6 nitrogen and oxygen atoms in total. The van der Waals surface area contributed by atoms with E-state index in [4.69, 9.17) is 9.72 Å². The molecule has 1 fully saturated rings. The molecule has 2 heterocycles. The van der Waals surface area contributed by atoms with Crippen molar-refractivity contribution in [2.45, 2.75) is 58.3 Å².